The molecule has 1 unspecified atom stereocenters. The van der Waals surface area contributed by atoms with Crippen LogP contribution in [0.15, 0.2) is 24.3 Å². The van der Waals surface area contributed by atoms with E-state index in [0.717, 1.165) is 11.9 Å². The molecule has 0 radical (unpaired) electrons. The first-order valence-electron chi connectivity index (χ1n) is 7.52. The maximum atomic E-state index is 12.5. The van der Waals surface area contributed by atoms with Crippen molar-refractivity contribution < 1.29 is 9.53 Å². The molecule has 1 aliphatic rings. The highest BCUT2D eigenvalue weighted by Crippen LogP contribution is 2.41. The number of carbonyl (C=O) groups is 1. The topological polar surface area (TPSA) is 45.3 Å². The smallest absolute Gasteiger partial charge is 0.411 e. The van der Waals surface area contributed by atoms with Crippen LogP contribution in [0.4, 0.5) is 4.79 Å². The molecule has 1 aromatic heterocycles. The zero-order valence-electron chi connectivity index (χ0n) is 13.5. The number of hydrogen-bond acceptors (Lipinski definition) is 3. The number of hydrogen-bond donors (Lipinski definition) is 1. The van der Waals surface area contributed by atoms with Crippen LogP contribution < -0.4 is 0 Å². The van der Waals surface area contributed by atoms with Gasteiger partial charge in [0.15, 0.2) is 0 Å². The molecule has 5 heteroatoms. The fourth-order valence-corrected chi connectivity index (χ4v) is 3.91. The molecule has 1 N–H and O–H groups in total. The minimum atomic E-state index is -0.472. The van der Waals surface area contributed by atoms with E-state index in [1.165, 1.54) is 16.6 Å². The summed E-state index contributed by atoms with van der Waals surface area (Å²) in [6, 6.07) is 8.28. The summed E-state index contributed by atoms with van der Waals surface area (Å²) < 4.78 is 5.58. The molecule has 0 bridgehead atoms. The molecule has 4 nitrogen and oxygen atoms in total. The van der Waals surface area contributed by atoms with Gasteiger partial charge in [0.25, 0.3) is 0 Å². The van der Waals surface area contributed by atoms with E-state index in [4.69, 9.17) is 4.74 Å². The fraction of sp³-hybridized carbons (Fsp3) is 0.471. The molecule has 2 aromatic rings. The van der Waals surface area contributed by atoms with Crippen molar-refractivity contribution in [3.8, 4) is 0 Å². The molecular formula is C17H22N2O2S. The third-order valence-electron chi connectivity index (χ3n) is 3.81. The lowest BCUT2D eigenvalue weighted by Gasteiger charge is -2.36. The quantitative estimate of drug-likeness (QED) is 0.851. The molecule has 2 heterocycles. The minimum Gasteiger partial charge on any atom is -0.444 e. The fourth-order valence-electron chi connectivity index (χ4n) is 2.96. The molecule has 1 amide bonds. The number of H-pyrrole nitrogens is 1. The van der Waals surface area contributed by atoms with Gasteiger partial charge in [-0.1, -0.05) is 18.2 Å². The van der Waals surface area contributed by atoms with Gasteiger partial charge >= 0.3 is 6.09 Å². The lowest BCUT2D eigenvalue weighted by atomic mass is 10.0. The van der Waals surface area contributed by atoms with E-state index in [9.17, 15) is 4.79 Å². The first-order valence-corrected chi connectivity index (χ1v) is 8.81. The van der Waals surface area contributed by atoms with Crippen LogP contribution in [0.5, 0.6) is 0 Å². The summed E-state index contributed by atoms with van der Waals surface area (Å²) in [4.78, 5) is 17.9. The summed E-state index contributed by atoms with van der Waals surface area (Å²) in [6.45, 7) is 6.39. The van der Waals surface area contributed by atoms with Gasteiger partial charge in [-0.3, -0.25) is 4.90 Å². The maximum Gasteiger partial charge on any atom is 0.411 e. The molecule has 0 saturated heterocycles. The molecule has 1 atom stereocenters. The molecule has 22 heavy (non-hydrogen) atoms. The Hall–Kier alpha value is -1.62. The Labute approximate surface area is 135 Å². The molecule has 1 aromatic carbocycles. The highest BCUT2D eigenvalue weighted by atomic mass is 32.2. The van der Waals surface area contributed by atoms with E-state index in [0.29, 0.717) is 6.54 Å². The van der Waals surface area contributed by atoms with Crippen LogP contribution >= 0.6 is 11.8 Å². The van der Waals surface area contributed by atoms with Crippen LogP contribution in [0.1, 0.15) is 37.4 Å². The van der Waals surface area contributed by atoms with Gasteiger partial charge in [0.05, 0.1) is 0 Å². The average Bonchev–Trinajstić information content (AvgIpc) is 2.82. The van der Waals surface area contributed by atoms with Crippen molar-refractivity contribution in [3.63, 3.8) is 0 Å². The Morgan fingerprint density at radius 3 is 2.77 bits per heavy atom. The summed E-state index contributed by atoms with van der Waals surface area (Å²) in [5, 5.41) is 1.19. The van der Waals surface area contributed by atoms with Gasteiger partial charge in [0, 0.05) is 35.1 Å². The van der Waals surface area contributed by atoms with Gasteiger partial charge in [0.1, 0.15) is 11.0 Å². The van der Waals surface area contributed by atoms with Crippen molar-refractivity contribution in [2.45, 2.75) is 38.2 Å². The SMILES string of the molecule is CSC1c2c([nH]c3ccccc23)CCN1C(=O)OC(C)(C)C. The van der Waals surface area contributed by atoms with Crippen molar-refractivity contribution in [3.05, 3.63) is 35.5 Å². The zero-order chi connectivity index (χ0) is 15.9. The second kappa shape index (κ2) is 5.54. The summed E-state index contributed by atoms with van der Waals surface area (Å²) in [6.07, 6.45) is 2.64. The second-order valence-corrected chi connectivity index (χ2v) is 7.49. The van der Waals surface area contributed by atoms with Crippen LogP contribution in [-0.4, -0.2) is 34.4 Å². The largest absolute Gasteiger partial charge is 0.444 e. The lowest BCUT2D eigenvalue weighted by Crippen LogP contribution is -2.41. The monoisotopic (exact) mass is 318 g/mol. The number of ether oxygens (including phenoxy) is 1. The van der Waals surface area contributed by atoms with E-state index in [2.05, 4.69) is 17.1 Å². The Kier molecular flexibility index (Phi) is 3.85. The number of rotatable bonds is 1. The Balaban J connectivity index is 1.99. The van der Waals surface area contributed by atoms with Crippen molar-refractivity contribution in [2.24, 2.45) is 0 Å². The normalized spacial score (nSPS) is 18.4. The summed E-state index contributed by atoms with van der Waals surface area (Å²) in [7, 11) is 0. The molecule has 118 valence electrons. The van der Waals surface area contributed by atoms with Crippen molar-refractivity contribution >= 4 is 28.8 Å². The number of carbonyl (C=O) groups excluding carboxylic acids is 1. The van der Waals surface area contributed by atoms with E-state index in [1.54, 1.807) is 11.8 Å². The highest BCUT2D eigenvalue weighted by Gasteiger charge is 2.35. The van der Waals surface area contributed by atoms with Crippen molar-refractivity contribution in [1.82, 2.24) is 9.88 Å². The van der Waals surface area contributed by atoms with Crippen molar-refractivity contribution in [1.29, 1.82) is 0 Å². The van der Waals surface area contributed by atoms with Crippen LogP contribution in [0.3, 0.4) is 0 Å². The average molecular weight is 318 g/mol. The third kappa shape index (κ3) is 2.70. The highest BCUT2D eigenvalue weighted by molar-refractivity contribution is 7.98. The Morgan fingerprint density at radius 2 is 2.09 bits per heavy atom. The van der Waals surface area contributed by atoms with E-state index < -0.39 is 5.60 Å². The van der Waals surface area contributed by atoms with Crippen molar-refractivity contribution in [2.75, 3.05) is 12.8 Å². The maximum absolute atomic E-state index is 12.5. The Bertz CT molecular complexity index is 702. The molecule has 3 rings (SSSR count). The van der Waals surface area contributed by atoms with Gasteiger partial charge in [0.2, 0.25) is 0 Å². The van der Waals surface area contributed by atoms with Gasteiger partial charge in [-0.2, -0.15) is 0 Å². The number of amides is 1. The Morgan fingerprint density at radius 1 is 1.36 bits per heavy atom. The number of para-hydroxylation sites is 1. The number of benzene rings is 1. The standard InChI is InChI=1S/C17H22N2O2S/c1-17(2,3)21-16(20)19-10-9-13-14(15(19)22-4)11-7-5-6-8-12(11)18-13/h5-8,15,18H,9-10H2,1-4H3. The van der Waals surface area contributed by atoms with E-state index in [1.807, 2.05) is 44.1 Å². The number of nitrogens with one attached hydrogen (secondary N) is 1. The molecular weight excluding hydrogens is 296 g/mol. The summed E-state index contributed by atoms with van der Waals surface area (Å²) >= 11 is 1.68. The molecule has 0 aliphatic carbocycles. The van der Waals surface area contributed by atoms with Crippen LogP contribution in [-0.2, 0) is 11.2 Å². The van der Waals surface area contributed by atoms with E-state index >= 15 is 0 Å². The molecule has 0 saturated carbocycles. The minimum absolute atomic E-state index is 0.00486. The van der Waals surface area contributed by atoms with Gasteiger partial charge < -0.3 is 9.72 Å². The molecule has 0 spiro atoms. The number of nitrogens with zero attached hydrogens (tertiary/aromatic N) is 1. The number of fused-ring (bicyclic) bond motifs is 3. The van der Waals surface area contributed by atoms with Crippen LogP contribution in [0.25, 0.3) is 10.9 Å². The van der Waals surface area contributed by atoms with E-state index in [-0.39, 0.29) is 11.5 Å². The van der Waals surface area contributed by atoms with Gasteiger partial charge in [-0.25, -0.2) is 4.79 Å². The summed E-state index contributed by atoms with van der Waals surface area (Å²) in [5.41, 5.74) is 3.12. The number of thioether (sulfide) groups is 1. The zero-order valence-corrected chi connectivity index (χ0v) is 14.3. The first kappa shape index (κ1) is 15.3. The third-order valence-corrected chi connectivity index (χ3v) is 4.75. The predicted octanol–water partition coefficient (Wildman–Crippen LogP) is 4.32. The molecule has 1 aliphatic heterocycles. The summed E-state index contributed by atoms with van der Waals surface area (Å²) in [5.74, 6) is 0. The lowest BCUT2D eigenvalue weighted by molar-refractivity contribution is 0.0217. The predicted molar refractivity (Wildman–Crippen MR) is 91.2 cm³/mol. The van der Waals surface area contributed by atoms with Crippen LogP contribution in [0.2, 0.25) is 0 Å². The number of aromatic amines is 1. The first-order chi connectivity index (χ1) is 10.4. The second-order valence-electron chi connectivity index (χ2n) is 6.57. The molecule has 0 fully saturated rings. The van der Waals surface area contributed by atoms with Gasteiger partial charge in [-0.05, 0) is 33.1 Å². The number of aromatic nitrogens is 1. The van der Waals surface area contributed by atoms with Crippen LogP contribution in [0, 0.1) is 0 Å². The van der Waals surface area contributed by atoms with Gasteiger partial charge in [-0.15, -0.1) is 11.8 Å².